The molecule has 4 rings (SSSR count). The molecule has 0 bridgehead atoms. The normalized spacial score (nSPS) is 12.9. The average molecular weight is 394 g/mol. The van der Waals surface area contributed by atoms with Crippen LogP contribution < -0.4 is 15.4 Å². The standard InChI is InChI=1S/C21H22N4O4/c1-28-15-7-4-6-14(12-15)23-20(26)18-17-9-2-3-10-25(17)19(24-18)21(27)22-13-16-8-5-11-29-16/h4-8,11-12H,2-3,9-10,13H2,1H3,(H,22,27)(H,23,26). The largest absolute Gasteiger partial charge is 0.497 e. The Kier molecular flexibility index (Phi) is 5.33. The van der Waals surface area contributed by atoms with E-state index in [1.807, 2.05) is 4.57 Å². The molecule has 0 radical (unpaired) electrons. The minimum Gasteiger partial charge on any atom is -0.497 e. The third kappa shape index (κ3) is 4.01. The number of nitrogens with one attached hydrogen (secondary N) is 2. The molecule has 2 amide bonds. The van der Waals surface area contributed by atoms with Crippen LogP contribution in [0.15, 0.2) is 47.1 Å². The fraction of sp³-hybridized carbons (Fsp3) is 0.286. The molecular formula is C21H22N4O4. The van der Waals surface area contributed by atoms with Crippen molar-refractivity contribution >= 4 is 17.5 Å². The molecule has 3 heterocycles. The summed E-state index contributed by atoms with van der Waals surface area (Å²) in [5, 5.41) is 5.65. The summed E-state index contributed by atoms with van der Waals surface area (Å²) in [6.45, 7) is 0.928. The molecule has 0 aliphatic carbocycles. The number of ether oxygens (including phenoxy) is 1. The lowest BCUT2D eigenvalue weighted by atomic mass is 10.1. The monoisotopic (exact) mass is 394 g/mol. The van der Waals surface area contributed by atoms with Crippen molar-refractivity contribution in [3.63, 3.8) is 0 Å². The first-order valence-electron chi connectivity index (χ1n) is 9.51. The van der Waals surface area contributed by atoms with Gasteiger partial charge in [0.1, 0.15) is 11.5 Å². The number of rotatable bonds is 6. The van der Waals surface area contributed by atoms with E-state index in [-0.39, 0.29) is 29.9 Å². The third-order valence-electron chi connectivity index (χ3n) is 4.87. The summed E-state index contributed by atoms with van der Waals surface area (Å²) in [6, 6.07) is 10.7. The number of hydrogen-bond acceptors (Lipinski definition) is 5. The summed E-state index contributed by atoms with van der Waals surface area (Å²) in [5.41, 5.74) is 1.69. The molecule has 0 saturated heterocycles. The zero-order chi connectivity index (χ0) is 20.2. The van der Waals surface area contributed by atoms with E-state index in [4.69, 9.17) is 9.15 Å². The number of carbonyl (C=O) groups is 2. The van der Waals surface area contributed by atoms with Gasteiger partial charge in [-0.05, 0) is 43.5 Å². The highest BCUT2D eigenvalue weighted by molar-refractivity contribution is 6.05. The first kappa shape index (κ1) is 18.8. The number of furan rings is 1. The van der Waals surface area contributed by atoms with E-state index in [9.17, 15) is 9.59 Å². The Bertz CT molecular complexity index is 1020. The van der Waals surface area contributed by atoms with E-state index in [0.29, 0.717) is 30.2 Å². The maximum Gasteiger partial charge on any atom is 0.287 e. The van der Waals surface area contributed by atoms with Crippen LogP contribution in [0, 0.1) is 0 Å². The molecule has 2 N–H and O–H groups in total. The highest BCUT2D eigenvalue weighted by Gasteiger charge is 2.27. The van der Waals surface area contributed by atoms with Gasteiger partial charge in [-0.15, -0.1) is 0 Å². The summed E-state index contributed by atoms with van der Waals surface area (Å²) in [4.78, 5) is 30.0. The smallest absolute Gasteiger partial charge is 0.287 e. The van der Waals surface area contributed by atoms with Crippen molar-refractivity contribution in [3.05, 3.63) is 65.6 Å². The Labute approximate surface area is 167 Å². The molecule has 0 fully saturated rings. The van der Waals surface area contributed by atoms with Crippen molar-refractivity contribution in [2.75, 3.05) is 12.4 Å². The van der Waals surface area contributed by atoms with E-state index < -0.39 is 0 Å². The Morgan fingerprint density at radius 1 is 1.21 bits per heavy atom. The predicted octanol–water partition coefficient (Wildman–Crippen LogP) is 3.00. The highest BCUT2D eigenvalue weighted by Crippen LogP contribution is 2.23. The molecule has 0 atom stereocenters. The second-order valence-corrected chi connectivity index (χ2v) is 6.79. The van der Waals surface area contributed by atoms with Gasteiger partial charge in [0, 0.05) is 18.3 Å². The average Bonchev–Trinajstić information content (AvgIpc) is 3.40. The van der Waals surface area contributed by atoms with E-state index in [1.54, 1.807) is 49.8 Å². The number of amides is 2. The van der Waals surface area contributed by atoms with Crippen LogP contribution in [0.3, 0.4) is 0 Å². The molecule has 150 valence electrons. The molecule has 1 aliphatic rings. The number of aromatic nitrogens is 2. The summed E-state index contributed by atoms with van der Waals surface area (Å²) in [6.07, 6.45) is 4.16. The molecule has 29 heavy (non-hydrogen) atoms. The van der Waals surface area contributed by atoms with Crippen LogP contribution in [0.25, 0.3) is 0 Å². The zero-order valence-corrected chi connectivity index (χ0v) is 16.1. The first-order chi connectivity index (χ1) is 14.2. The number of anilines is 1. The van der Waals surface area contributed by atoms with Gasteiger partial charge >= 0.3 is 0 Å². The van der Waals surface area contributed by atoms with Crippen LogP contribution in [0.5, 0.6) is 5.75 Å². The minimum atomic E-state index is -0.339. The number of fused-ring (bicyclic) bond motifs is 1. The number of methoxy groups -OCH3 is 1. The molecule has 8 heteroatoms. The molecule has 1 aromatic carbocycles. The van der Waals surface area contributed by atoms with Gasteiger partial charge in [0.2, 0.25) is 0 Å². The van der Waals surface area contributed by atoms with Gasteiger partial charge in [-0.25, -0.2) is 4.98 Å². The summed E-state index contributed by atoms with van der Waals surface area (Å²) >= 11 is 0. The minimum absolute atomic E-state index is 0.252. The number of imidazole rings is 1. The van der Waals surface area contributed by atoms with E-state index >= 15 is 0 Å². The Morgan fingerprint density at radius 2 is 2.10 bits per heavy atom. The lowest BCUT2D eigenvalue weighted by Gasteiger charge is -2.17. The van der Waals surface area contributed by atoms with Crippen molar-refractivity contribution in [2.24, 2.45) is 0 Å². The van der Waals surface area contributed by atoms with Crippen molar-refractivity contribution in [2.45, 2.75) is 32.4 Å². The quantitative estimate of drug-likeness (QED) is 0.670. The number of carbonyl (C=O) groups excluding carboxylic acids is 2. The second kappa shape index (κ2) is 8.22. The predicted molar refractivity (Wildman–Crippen MR) is 106 cm³/mol. The Morgan fingerprint density at radius 3 is 2.90 bits per heavy atom. The van der Waals surface area contributed by atoms with Gasteiger partial charge in [-0.3, -0.25) is 9.59 Å². The number of benzene rings is 1. The molecule has 1 aliphatic heterocycles. The fourth-order valence-electron chi connectivity index (χ4n) is 3.45. The summed E-state index contributed by atoms with van der Waals surface area (Å²) in [7, 11) is 1.57. The van der Waals surface area contributed by atoms with Crippen LogP contribution >= 0.6 is 0 Å². The lowest BCUT2D eigenvalue weighted by Crippen LogP contribution is -2.27. The maximum absolute atomic E-state index is 12.9. The van der Waals surface area contributed by atoms with Crippen LogP contribution in [0.1, 0.15) is 45.4 Å². The second-order valence-electron chi connectivity index (χ2n) is 6.79. The lowest BCUT2D eigenvalue weighted by molar-refractivity contribution is 0.0932. The molecule has 8 nitrogen and oxygen atoms in total. The van der Waals surface area contributed by atoms with Gasteiger partial charge in [0.05, 0.1) is 25.6 Å². The summed E-state index contributed by atoms with van der Waals surface area (Å²) in [5.74, 6) is 0.883. The van der Waals surface area contributed by atoms with Crippen molar-refractivity contribution < 1.29 is 18.7 Å². The van der Waals surface area contributed by atoms with Crippen LogP contribution in [0.2, 0.25) is 0 Å². The van der Waals surface area contributed by atoms with E-state index in [1.165, 1.54) is 0 Å². The van der Waals surface area contributed by atoms with E-state index in [0.717, 1.165) is 18.5 Å². The molecule has 0 saturated carbocycles. The van der Waals surface area contributed by atoms with E-state index in [2.05, 4.69) is 15.6 Å². The maximum atomic E-state index is 12.9. The molecule has 2 aromatic heterocycles. The molecule has 0 unspecified atom stereocenters. The van der Waals surface area contributed by atoms with Crippen LogP contribution in [-0.4, -0.2) is 28.5 Å². The fourth-order valence-corrected chi connectivity index (χ4v) is 3.45. The van der Waals surface area contributed by atoms with Gasteiger partial charge in [0.15, 0.2) is 11.5 Å². The van der Waals surface area contributed by atoms with Gasteiger partial charge in [-0.1, -0.05) is 6.07 Å². The Balaban J connectivity index is 1.56. The van der Waals surface area contributed by atoms with Crippen molar-refractivity contribution in [3.8, 4) is 5.75 Å². The number of hydrogen-bond donors (Lipinski definition) is 2. The molecule has 0 spiro atoms. The van der Waals surface area contributed by atoms with Crippen LogP contribution in [0.4, 0.5) is 5.69 Å². The highest BCUT2D eigenvalue weighted by atomic mass is 16.5. The van der Waals surface area contributed by atoms with Gasteiger partial charge in [0.25, 0.3) is 11.8 Å². The molecular weight excluding hydrogens is 372 g/mol. The van der Waals surface area contributed by atoms with Crippen molar-refractivity contribution in [1.29, 1.82) is 0 Å². The van der Waals surface area contributed by atoms with Gasteiger partial charge in [-0.2, -0.15) is 0 Å². The van der Waals surface area contributed by atoms with Crippen molar-refractivity contribution in [1.82, 2.24) is 14.9 Å². The molecule has 3 aromatic rings. The first-order valence-corrected chi connectivity index (χ1v) is 9.51. The van der Waals surface area contributed by atoms with Crippen LogP contribution in [-0.2, 0) is 19.5 Å². The summed E-state index contributed by atoms with van der Waals surface area (Å²) < 4.78 is 12.3. The number of nitrogens with zero attached hydrogens (tertiary/aromatic N) is 2. The zero-order valence-electron chi connectivity index (χ0n) is 16.1. The Hall–Kier alpha value is -3.55. The third-order valence-corrected chi connectivity index (χ3v) is 4.87. The topological polar surface area (TPSA) is 98.4 Å². The SMILES string of the molecule is COc1cccc(NC(=O)c2nc(C(=O)NCc3ccco3)n3c2CCCC3)c1. The van der Waals surface area contributed by atoms with Gasteiger partial charge < -0.3 is 24.4 Å².